The number of halogens is 5. The highest BCUT2D eigenvalue weighted by Crippen LogP contribution is 2.40. The lowest BCUT2D eigenvalue weighted by Gasteiger charge is -2.27. The Bertz CT molecular complexity index is 802. The normalized spacial score (nSPS) is 20.6. The number of benzene rings is 2. The Morgan fingerprint density at radius 2 is 1.48 bits per heavy atom. The van der Waals surface area contributed by atoms with Gasteiger partial charge in [0.1, 0.15) is 28.8 Å². The van der Waals surface area contributed by atoms with E-state index in [1.165, 1.54) is 13.0 Å². The van der Waals surface area contributed by atoms with Gasteiger partial charge >= 0.3 is 6.11 Å². The van der Waals surface area contributed by atoms with Gasteiger partial charge in [-0.15, -0.1) is 0 Å². The van der Waals surface area contributed by atoms with E-state index in [1.54, 1.807) is 0 Å². The molecule has 6 heteroatoms. The van der Waals surface area contributed by atoms with Crippen LogP contribution in [0.25, 0.3) is 0 Å². The fourth-order valence-electron chi connectivity index (χ4n) is 3.54. The van der Waals surface area contributed by atoms with Crippen molar-refractivity contribution in [3.8, 4) is 5.75 Å². The third kappa shape index (κ3) is 4.25. The summed E-state index contributed by atoms with van der Waals surface area (Å²) < 4.78 is 75.6. The molecular weight excluding hydrogens is 363 g/mol. The molecule has 0 bridgehead atoms. The van der Waals surface area contributed by atoms with Crippen LogP contribution in [0.4, 0.5) is 22.0 Å². The van der Waals surface area contributed by atoms with Crippen molar-refractivity contribution in [2.24, 2.45) is 5.92 Å². The predicted molar refractivity (Wildman–Crippen MR) is 92.4 cm³/mol. The molecule has 1 nitrogen and oxygen atoms in total. The Morgan fingerprint density at radius 3 is 2.04 bits per heavy atom. The van der Waals surface area contributed by atoms with Gasteiger partial charge in [0.25, 0.3) is 0 Å². The summed E-state index contributed by atoms with van der Waals surface area (Å²) in [4.78, 5) is 0. The first-order valence-corrected chi connectivity index (χ1v) is 8.99. The molecule has 0 N–H and O–H groups in total. The molecule has 0 heterocycles. The minimum Gasteiger partial charge on any atom is -0.429 e. The van der Waals surface area contributed by atoms with Gasteiger partial charge in [-0.05, 0) is 60.9 Å². The Labute approximate surface area is 155 Å². The molecule has 2 aromatic rings. The monoisotopic (exact) mass is 384 g/mol. The zero-order chi connectivity index (χ0) is 19.8. The van der Waals surface area contributed by atoms with Crippen molar-refractivity contribution < 1.29 is 26.7 Å². The van der Waals surface area contributed by atoms with Crippen molar-refractivity contribution in [3.05, 3.63) is 64.5 Å². The van der Waals surface area contributed by atoms with E-state index >= 15 is 0 Å². The van der Waals surface area contributed by atoms with Crippen molar-refractivity contribution >= 4 is 0 Å². The van der Waals surface area contributed by atoms with Crippen LogP contribution in [-0.4, -0.2) is 0 Å². The second-order valence-corrected chi connectivity index (χ2v) is 7.35. The molecule has 27 heavy (non-hydrogen) atoms. The largest absolute Gasteiger partial charge is 0.432 e. The molecule has 3 rings (SSSR count). The highest BCUT2D eigenvalue weighted by Gasteiger charge is 2.41. The van der Waals surface area contributed by atoms with Gasteiger partial charge in [0, 0.05) is 6.07 Å². The molecule has 0 atom stereocenters. The van der Waals surface area contributed by atoms with Crippen LogP contribution in [0.1, 0.15) is 55.2 Å². The quantitative estimate of drug-likeness (QED) is 0.525. The van der Waals surface area contributed by atoms with Crippen LogP contribution in [0.15, 0.2) is 30.3 Å². The highest BCUT2D eigenvalue weighted by atomic mass is 19.3. The second kappa shape index (κ2) is 7.49. The Kier molecular flexibility index (Phi) is 5.45. The predicted octanol–water partition coefficient (Wildman–Crippen LogP) is 6.83. The van der Waals surface area contributed by atoms with Crippen LogP contribution < -0.4 is 4.74 Å². The molecule has 1 fully saturated rings. The van der Waals surface area contributed by atoms with Crippen molar-refractivity contribution in [2.45, 2.75) is 51.6 Å². The third-order valence-corrected chi connectivity index (χ3v) is 5.23. The van der Waals surface area contributed by atoms with Gasteiger partial charge < -0.3 is 4.74 Å². The fourth-order valence-corrected chi connectivity index (χ4v) is 3.54. The third-order valence-electron chi connectivity index (χ3n) is 5.23. The molecule has 0 aromatic heterocycles. The summed E-state index contributed by atoms with van der Waals surface area (Å²) in [7, 11) is 0. The molecule has 2 aromatic carbocycles. The summed E-state index contributed by atoms with van der Waals surface area (Å²) in [5, 5.41) is 0. The van der Waals surface area contributed by atoms with Crippen molar-refractivity contribution in [1.82, 2.24) is 0 Å². The number of hydrogen-bond acceptors (Lipinski definition) is 1. The zero-order valence-electron chi connectivity index (χ0n) is 15.2. The minimum absolute atomic E-state index is 0.0417. The Hall–Kier alpha value is -2.11. The van der Waals surface area contributed by atoms with Gasteiger partial charge in [-0.3, -0.25) is 0 Å². The van der Waals surface area contributed by atoms with Crippen molar-refractivity contribution in [2.75, 3.05) is 0 Å². The molecule has 146 valence electrons. The van der Waals surface area contributed by atoms with Gasteiger partial charge in [-0.1, -0.05) is 25.8 Å². The van der Waals surface area contributed by atoms with E-state index in [-0.39, 0.29) is 11.5 Å². The van der Waals surface area contributed by atoms with Crippen LogP contribution >= 0.6 is 0 Å². The summed E-state index contributed by atoms with van der Waals surface area (Å²) in [6.45, 7) is 3.58. The molecule has 0 spiro atoms. The Balaban J connectivity index is 1.87. The van der Waals surface area contributed by atoms with E-state index in [2.05, 4.69) is 11.7 Å². The first-order valence-electron chi connectivity index (χ1n) is 8.99. The maximum absolute atomic E-state index is 14.4. The SMILES string of the molecule is Cc1ccc(OC(F)(F)c2c(F)cc(C3CCC(C)CC3)cc2F)cc1F. The maximum Gasteiger partial charge on any atom is 0.432 e. The fraction of sp³-hybridized carbons (Fsp3) is 0.429. The van der Waals surface area contributed by atoms with Gasteiger partial charge in [0.15, 0.2) is 0 Å². The van der Waals surface area contributed by atoms with Crippen LogP contribution in [0.5, 0.6) is 5.75 Å². The van der Waals surface area contributed by atoms with E-state index in [9.17, 15) is 22.0 Å². The summed E-state index contributed by atoms with van der Waals surface area (Å²) in [5.41, 5.74) is -0.830. The molecule has 1 aliphatic carbocycles. The number of alkyl halides is 2. The van der Waals surface area contributed by atoms with Crippen LogP contribution in [0.2, 0.25) is 0 Å². The van der Waals surface area contributed by atoms with Crippen molar-refractivity contribution in [3.63, 3.8) is 0 Å². The maximum atomic E-state index is 14.4. The standard InChI is InChI=1S/C21H21F5O/c1-12-3-6-14(7-4-12)15-9-18(23)20(19(24)10-15)21(25,26)27-16-8-5-13(2)17(22)11-16/h5,8-12,14H,3-4,6-7H2,1-2H3. The van der Waals surface area contributed by atoms with Crippen molar-refractivity contribution in [1.29, 1.82) is 0 Å². The number of hydrogen-bond donors (Lipinski definition) is 0. The first kappa shape index (κ1) is 19.6. The van der Waals surface area contributed by atoms with Crippen LogP contribution in [0, 0.1) is 30.3 Å². The van der Waals surface area contributed by atoms with E-state index in [0.717, 1.165) is 49.9 Å². The van der Waals surface area contributed by atoms with E-state index in [1.807, 2.05) is 0 Å². The lowest BCUT2D eigenvalue weighted by molar-refractivity contribution is -0.189. The number of rotatable bonds is 4. The lowest BCUT2D eigenvalue weighted by atomic mass is 9.79. The summed E-state index contributed by atoms with van der Waals surface area (Å²) in [5.74, 6) is -3.45. The summed E-state index contributed by atoms with van der Waals surface area (Å²) >= 11 is 0. The molecular formula is C21H21F5O. The zero-order valence-corrected chi connectivity index (χ0v) is 15.2. The van der Waals surface area contributed by atoms with E-state index in [0.29, 0.717) is 11.5 Å². The first-order chi connectivity index (χ1) is 12.7. The average molecular weight is 384 g/mol. The Morgan fingerprint density at radius 1 is 0.889 bits per heavy atom. The lowest BCUT2D eigenvalue weighted by Crippen LogP contribution is -2.25. The summed E-state index contributed by atoms with van der Waals surface area (Å²) in [6.07, 6.45) is -0.846. The second-order valence-electron chi connectivity index (χ2n) is 7.35. The molecule has 1 saturated carbocycles. The number of aryl methyl sites for hydroxylation is 1. The van der Waals surface area contributed by atoms with Gasteiger partial charge in [0.05, 0.1) is 0 Å². The number of ether oxygens (including phenoxy) is 1. The van der Waals surface area contributed by atoms with Gasteiger partial charge in [0.2, 0.25) is 0 Å². The average Bonchev–Trinajstić information content (AvgIpc) is 2.57. The van der Waals surface area contributed by atoms with Crippen LogP contribution in [0.3, 0.4) is 0 Å². The van der Waals surface area contributed by atoms with E-state index in [4.69, 9.17) is 0 Å². The van der Waals surface area contributed by atoms with Gasteiger partial charge in [-0.2, -0.15) is 8.78 Å². The smallest absolute Gasteiger partial charge is 0.429 e. The van der Waals surface area contributed by atoms with E-state index < -0.39 is 34.9 Å². The highest BCUT2D eigenvalue weighted by molar-refractivity contribution is 5.33. The minimum atomic E-state index is -4.27. The molecule has 0 radical (unpaired) electrons. The molecule has 0 aliphatic heterocycles. The molecule has 1 aliphatic rings. The molecule has 0 saturated heterocycles. The summed E-state index contributed by atoms with van der Waals surface area (Å²) in [6, 6.07) is 5.06. The molecule has 0 unspecified atom stereocenters. The van der Waals surface area contributed by atoms with Gasteiger partial charge in [-0.25, -0.2) is 13.2 Å². The molecule has 0 amide bonds. The topological polar surface area (TPSA) is 9.23 Å². The van der Waals surface area contributed by atoms with Crippen LogP contribution in [-0.2, 0) is 6.11 Å².